The van der Waals surface area contributed by atoms with E-state index < -0.39 is 81.6 Å². The average molecular weight is 1080 g/mol. The molecule has 5 heteroatoms. The van der Waals surface area contributed by atoms with Gasteiger partial charge in [0, 0.05) is 0 Å². The van der Waals surface area contributed by atoms with Crippen molar-refractivity contribution in [2.24, 2.45) is 0 Å². The minimum absolute atomic E-state index is 0.992. The second-order valence-corrected chi connectivity index (χ2v) is 51.6. The molecule has 0 saturated heterocycles. The first-order valence-electron chi connectivity index (χ1n) is 16.8. The predicted molar refractivity (Wildman–Crippen MR) is 229 cm³/mol. The minimum atomic E-state index is -3.45. The Balaban J connectivity index is 8.00. The van der Waals surface area contributed by atoms with Crippen LogP contribution in [0.3, 0.4) is 0 Å². The molecule has 0 aromatic carbocycles. The average Bonchev–Trinajstić information content (AvgIpc) is 3.06. The Bertz CT molecular complexity index is 1450. The fourth-order valence-corrected chi connectivity index (χ4v) is 63.4. The van der Waals surface area contributed by atoms with Crippen molar-refractivity contribution in [1.29, 1.82) is 0 Å². The fraction of sp³-hybridized carbons (Fsp3) is 0.455. The van der Waals surface area contributed by atoms with Crippen LogP contribution in [0.15, 0.2) is 0 Å². The Morgan fingerprint density at radius 1 is 0.245 bits per heavy atom. The van der Waals surface area contributed by atoms with Crippen molar-refractivity contribution in [3.05, 3.63) is 0 Å². The first-order chi connectivity index (χ1) is 23.6. The third-order valence-electron chi connectivity index (χ3n) is 8.18. The molecule has 0 aliphatic carbocycles. The fourth-order valence-electron chi connectivity index (χ4n) is 6.25. The van der Waals surface area contributed by atoms with Gasteiger partial charge in [-0.1, -0.05) is 0 Å². The summed E-state index contributed by atoms with van der Waals surface area (Å²) < 4.78 is 47.7. The standard InChI is InChI=1S/C8H16Si.12C3H3.4Sn/c1-5-9(6-2,7-3)8-4;12*1-3-2;;;;/h1-8H2;12*1H3;;;;. The molecular weight excluding hydrogens is 1030 g/mol. The van der Waals surface area contributed by atoms with Crippen LogP contribution in [0.2, 0.25) is 41.9 Å². The van der Waals surface area contributed by atoms with Gasteiger partial charge in [-0.05, 0) is 0 Å². The molecule has 0 aromatic heterocycles. The van der Waals surface area contributed by atoms with Gasteiger partial charge in [0.05, 0.1) is 0 Å². The summed E-state index contributed by atoms with van der Waals surface area (Å²) >= 11 is -13.8. The van der Waals surface area contributed by atoms with E-state index in [1.807, 2.05) is 83.1 Å². The van der Waals surface area contributed by atoms with Gasteiger partial charge in [0.15, 0.2) is 0 Å². The maximum atomic E-state index is 3.64. The van der Waals surface area contributed by atoms with Gasteiger partial charge < -0.3 is 0 Å². The van der Waals surface area contributed by atoms with Crippen LogP contribution in [-0.2, 0) is 0 Å². The summed E-state index contributed by atoms with van der Waals surface area (Å²) in [6, 6.07) is 4.40. The SMILES string of the molecule is CC#[C][Sn]([C]#CC)([C]#CC)[CH2]C[Si](C[CH2][Sn]([C]#CC)([C]#CC)[C]#CC)(C[CH2][Sn]([C]#CC)([C]#CC)[C]#CC)C[CH2][Sn]([C]#CC)([C]#CC)[C]#CC. The van der Waals surface area contributed by atoms with Crippen molar-refractivity contribution < 1.29 is 0 Å². The molecule has 0 amide bonds. The normalized spacial score (nSPS) is 9.55. The van der Waals surface area contributed by atoms with Gasteiger partial charge in [0.1, 0.15) is 0 Å². The zero-order chi connectivity index (χ0) is 37.1. The molecule has 49 heavy (non-hydrogen) atoms. The van der Waals surface area contributed by atoms with Crippen molar-refractivity contribution >= 4 is 81.6 Å². The van der Waals surface area contributed by atoms with Crippen LogP contribution in [0, 0.1) is 118 Å². The van der Waals surface area contributed by atoms with Crippen LogP contribution in [-0.4, -0.2) is 81.6 Å². The second-order valence-electron chi connectivity index (χ2n) is 11.6. The molecule has 0 fully saturated rings. The topological polar surface area (TPSA) is 0 Å². The van der Waals surface area contributed by atoms with Gasteiger partial charge in [-0.15, -0.1) is 0 Å². The quantitative estimate of drug-likeness (QED) is 0.138. The van der Waals surface area contributed by atoms with Gasteiger partial charge in [-0.2, -0.15) is 0 Å². The molecule has 248 valence electrons. The van der Waals surface area contributed by atoms with Crippen LogP contribution in [0.4, 0.5) is 0 Å². The van der Waals surface area contributed by atoms with Gasteiger partial charge in [-0.25, -0.2) is 0 Å². The molecular formula is C44H52SiSn4. The van der Waals surface area contributed by atoms with E-state index in [1.165, 1.54) is 0 Å². The van der Waals surface area contributed by atoms with E-state index in [9.17, 15) is 0 Å². The molecule has 0 spiro atoms. The summed E-state index contributed by atoms with van der Waals surface area (Å²) in [6.45, 7) is 23.2. The first-order valence-corrected chi connectivity index (χ1v) is 44.9. The molecule has 0 atom stereocenters. The molecule has 0 rings (SSSR count). The Morgan fingerprint density at radius 2 is 0.367 bits per heavy atom. The molecule has 0 radical (unpaired) electrons. The van der Waals surface area contributed by atoms with Gasteiger partial charge >= 0.3 is 325 Å². The van der Waals surface area contributed by atoms with E-state index in [0.717, 1.165) is 41.9 Å². The summed E-state index contributed by atoms with van der Waals surface area (Å²) in [5.41, 5.74) is 0. The molecule has 0 N–H and O–H groups in total. The van der Waals surface area contributed by atoms with Crippen LogP contribution < -0.4 is 0 Å². The summed E-state index contributed by atoms with van der Waals surface area (Å²) in [5.74, 6) is 39.1. The Labute approximate surface area is 320 Å². The second kappa shape index (κ2) is 26.0. The van der Waals surface area contributed by atoms with Gasteiger partial charge in [0.25, 0.3) is 0 Å². The van der Waals surface area contributed by atoms with E-state index >= 15 is 0 Å². The Kier molecular flexibility index (Phi) is 25.0. The van der Waals surface area contributed by atoms with Gasteiger partial charge in [-0.3, -0.25) is 0 Å². The summed E-state index contributed by atoms with van der Waals surface area (Å²) in [4.78, 5) is 0. The zero-order valence-electron chi connectivity index (χ0n) is 32.2. The summed E-state index contributed by atoms with van der Waals surface area (Å²) in [7, 11) is -2.19. The number of rotatable bonds is 12. The van der Waals surface area contributed by atoms with E-state index in [-0.39, 0.29) is 0 Å². The van der Waals surface area contributed by atoms with Crippen LogP contribution in [0.25, 0.3) is 0 Å². The van der Waals surface area contributed by atoms with E-state index in [2.05, 4.69) is 118 Å². The van der Waals surface area contributed by atoms with Crippen LogP contribution in [0.5, 0.6) is 0 Å². The van der Waals surface area contributed by atoms with Crippen molar-refractivity contribution in [2.75, 3.05) is 0 Å². The zero-order valence-corrected chi connectivity index (χ0v) is 44.6. The third-order valence-corrected chi connectivity index (χ3v) is 53.7. The van der Waals surface area contributed by atoms with E-state index in [0.29, 0.717) is 0 Å². The monoisotopic (exact) mass is 1090 g/mol. The van der Waals surface area contributed by atoms with Crippen molar-refractivity contribution in [3.8, 4) is 118 Å². The van der Waals surface area contributed by atoms with Crippen LogP contribution >= 0.6 is 0 Å². The maximum absolute atomic E-state index is 3.64. The molecule has 0 unspecified atom stereocenters. The molecule has 0 aromatic rings. The third kappa shape index (κ3) is 16.3. The molecule has 0 nitrogen and oxygen atoms in total. The van der Waals surface area contributed by atoms with Crippen LogP contribution in [0.1, 0.15) is 83.1 Å². The number of hydrogen-bond acceptors (Lipinski definition) is 0. The first kappa shape index (κ1) is 47.1. The van der Waals surface area contributed by atoms with Crippen molar-refractivity contribution in [2.45, 2.75) is 125 Å². The predicted octanol–water partition coefficient (Wildman–Crippen LogP) is 7.98. The number of hydrogen-bond donors (Lipinski definition) is 0. The molecule has 0 saturated carbocycles. The van der Waals surface area contributed by atoms with Gasteiger partial charge in [0.2, 0.25) is 0 Å². The Hall–Kier alpha value is -1.87. The van der Waals surface area contributed by atoms with Crippen molar-refractivity contribution in [1.82, 2.24) is 0 Å². The molecule has 0 bridgehead atoms. The molecule has 0 aliphatic heterocycles. The summed E-state index contributed by atoms with van der Waals surface area (Å²) in [5, 5.41) is 0. The summed E-state index contributed by atoms with van der Waals surface area (Å²) in [6.07, 6.45) is 0. The van der Waals surface area contributed by atoms with E-state index in [1.54, 1.807) is 0 Å². The molecule has 0 heterocycles. The van der Waals surface area contributed by atoms with E-state index in [4.69, 9.17) is 0 Å². The molecule has 0 aliphatic rings. The van der Waals surface area contributed by atoms with Crippen molar-refractivity contribution in [3.63, 3.8) is 0 Å². The Morgan fingerprint density at radius 3 is 0.469 bits per heavy atom.